The zero-order valence-corrected chi connectivity index (χ0v) is 11.0. The van der Waals surface area contributed by atoms with Crippen LogP contribution in [-0.4, -0.2) is 61.7 Å². The highest BCUT2D eigenvalue weighted by atomic mass is 15.3. The molecule has 0 amide bonds. The summed E-state index contributed by atoms with van der Waals surface area (Å²) in [4.78, 5) is 5.09. The van der Waals surface area contributed by atoms with Crippen LogP contribution in [0.5, 0.6) is 0 Å². The van der Waals surface area contributed by atoms with E-state index in [1.807, 2.05) is 0 Å². The van der Waals surface area contributed by atoms with Crippen LogP contribution < -0.4 is 5.32 Å². The fraction of sp³-hybridized carbons (Fsp3) is 1.00. The van der Waals surface area contributed by atoms with Crippen LogP contribution in [0.1, 0.15) is 32.6 Å². The molecule has 1 N–H and O–H groups in total. The van der Waals surface area contributed by atoms with Crippen molar-refractivity contribution in [2.75, 3.05) is 46.3 Å². The molecule has 2 rings (SSSR count). The van der Waals surface area contributed by atoms with Gasteiger partial charge in [-0.25, -0.2) is 0 Å². The van der Waals surface area contributed by atoms with E-state index in [1.54, 1.807) is 0 Å². The smallest absolute Gasteiger partial charge is 0.0306 e. The zero-order chi connectivity index (χ0) is 11.4. The number of piperidine rings is 1. The Kier molecular flexibility index (Phi) is 4.22. The van der Waals surface area contributed by atoms with Crippen molar-refractivity contribution >= 4 is 0 Å². The van der Waals surface area contributed by atoms with Gasteiger partial charge in [0.2, 0.25) is 0 Å². The third-order valence-electron chi connectivity index (χ3n) is 4.38. The molecule has 16 heavy (non-hydrogen) atoms. The number of piperazine rings is 1. The van der Waals surface area contributed by atoms with Gasteiger partial charge in [0.1, 0.15) is 0 Å². The molecule has 94 valence electrons. The molecule has 1 atom stereocenters. The van der Waals surface area contributed by atoms with Crippen molar-refractivity contribution in [3.8, 4) is 0 Å². The molecule has 0 aromatic rings. The summed E-state index contributed by atoms with van der Waals surface area (Å²) >= 11 is 0. The van der Waals surface area contributed by atoms with Gasteiger partial charge in [0.05, 0.1) is 0 Å². The van der Waals surface area contributed by atoms with E-state index in [4.69, 9.17) is 0 Å². The first-order valence-electron chi connectivity index (χ1n) is 6.90. The Bertz CT molecular complexity index is 203. The molecule has 2 fully saturated rings. The molecule has 0 aromatic heterocycles. The molecule has 1 unspecified atom stereocenters. The minimum Gasteiger partial charge on any atom is -0.310 e. The Hall–Kier alpha value is -0.120. The number of hydrogen-bond donors (Lipinski definition) is 1. The fourth-order valence-electron chi connectivity index (χ4n) is 3.01. The van der Waals surface area contributed by atoms with Crippen LogP contribution in [0.15, 0.2) is 0 Å². The van der Waals surface area contributed by atoms with Gasteiger partial charge in [0.15, 0.2) is 0 Å². The van der Waals surface area contributed by atoms with Crippen LogP contribution in [-0.2, 0) is 0 Å². The van der Waals surface area contributed by atoms with Crippen LogP contribution in [0, 0.1) is 0 Å². The van der Waals surface area contributed by atoms with Gasteiger partial charge in [0.25, 0.3) is 0 Å². The molecule has 0 aliphatic carbocycles. The summed E-state index contributed by atoms with van der Waals surface area (Å²) < 4.78 is 0. The topological polar surface area (TPSA) is 18.5 Å². The van der Waals surface area contributed by atoms with E-state index in [9.17, 15) is 0 Å². The Morgan fingerprint density at radius 1 is 1.12 bits per heavy atom. The van der Waals surface area contributed by atoms with E-state index >= 15 is 0 Å². The molecular weight excluding hydrogens is 198 g/mol. The highest BCUT2D eigenvalue weighted by molar-refractivity contribution is 4.93. The fourth-order valence-corrected chi connectivity index (χ4v) is 3.01. The third kappa shape index (κ3) is 2.96. The maximum absolute atomic E-state index is 3.79. The molecule has 3 nitrogen and oxygen atoms in total. The zero-order valence-electron chi connectivity index (χ0n) is 11.0. The maximum atomic E-state index is 3.79. The largest absolute Gasteiger partial charge is 0.310 e. The van der Waals surface area contributed by atoms with Gasteiger partial charge < -0.3 is 10.2 Å². The van der Waals surface area contributed by atoms with Gasteiger partial charge in [-0.1, -0.05) is 13.3 Å². The van der Waals surface area contributed by atoms with Crippen molar-refractivity contribution in [3.63, 3.8) is 0 Å². The minimum atomic E-state index is 0.425. The summed E-state index contributed by atoms with van der Waals surface area (Å²) in [6.07, 6.45) is 5.42. The summed E-state index contributed by atoms with van der Waals surface area (Å²) in [6.45, 7) is 9.80. The van der Waals surface area contributed by atoms with Crippen LogP contribution >= 0.6 is 0 Å². The van der Waals surface area contributed by atoms with Crippen molar-refractivity contribution in [3.05, 3.63) is 0 Å². The van der Waals surface area contributed by atoms with Gasteiger partial charge in [-0.05, 0) is 32.9 Å². The Morgan fingerprint density at radius 3 is 2.44 bits per heavy atom. The third-order valence-corrected chi connectivity index (χ3v) is 4.38. The normalized spacial score (nSPS) is 34.1. The lowest BCUT2D eigenvalue weighted by molar-refractivity contribution is 0.0983. The molecule has 2 heterocycles. The summed E-state index contributed by atoms with van der Waals surface area (Å²) in [5.74, 6) is 0. The van der Waals surface area contributed by atoms with Crippen LogP contribution in [0.25, 0.3) is 0 Å². The molecule has 0 saturated carbocycles. The first kappa shape index (κ1) is 12.3. The molecule has 0 spiro atoms. The molecule has 3 heteroatoms. The van der Waals surface area contributed by atoms with E-state index in [0.717, 1.165) is 0 Å². The monoisotopic (exact) mass is 225 g/mol. The Morgan fingerprint density at radius 2 is 1.88 bits per heavy atom. The Labute approximate surface area is 100 Å². The molecule has 2 saturated heterocycles. The number of nitrogens with zero attached hydrogens (tertiary/aromatic N) is 2. The lowest BCUT2D eigenvalue weighted by Crippen LogP contribution is -2.58. The van der Waals surface area contributed by atoms with Crippen molar-refractivity contribution in [2.24, 2.45) is 0 Å². The van der Waals surface area contributed by atoms with Gasteiger partial charge in [-0.15, -0.1) is 0 Å². The van der Waals surface area contributed by atoms with E-state index in [2.05, 4.69) is 29.1 Å². The van der Waals surface area contributed by atoms with E-state index in [0.29, 0.717) is 5.54 Å². The molecule has 2 aliphatic heterocycles. The van der Waals surface area contributed by atoms with Crippen LogP contribution in [0.4, 0.5) is 0 Å². The molecule has 0 bridgehead atoms. The van der Waals surface area contributed by atoms with Crippen LogP contribution in [0.2, 0.25) is 0 Å². The number of likely N-dealkylation sites (N-methyl/N-ethyl adjacent to an activating group) is 1. The van der Waals surface area contributed by atoms with Gasteiger partial charge in [-0.3, -0.25) is 4.90 Å². The lowest BCUT2D eigenvalue weighted by atomic mass is 9.85. The standard InChI is InChI=1S/C13H27N3/c1-3-13(6-4-5-7-14-13)12-16-10-8-15(2)9-11-16/h14H,3-12H2,1-2H3. The molecular formula is C13H27N3. The van der Waals surface area contributed by atoms with Gasteiger partial charge in [0, 0.05) is 38.3 Å². The quantitative estimate of drug-likeness (QED) is 0.777. The summed E-state index contributed by atoms with van der Waals surface area (Å²) in [6, 6.07) is 0. The predicted octanol–water partition coefficient (Wildman–Crippen LogP) is 1.16. The van der Waals surface area contributed by atoms with Crippen LogP contribution in [0.3, 0.4) is 0 Å². The van der Waals surface area contributed by atoms with Crippen molar-refractivity contribution in [1.29, 1.82) is 0 Å². The second kappa shape index (κ2) is 5.48. The number of hydrogen-bond acceptors (Lipinski definition) is 3. The van der Waals surface area contributed by atoms with Crippen molar-refractivity contribution in [1.82, 2.24) is 15.1 Å². The molecule has 0 radical (unpaired) electrons. The van der Waals surface area contributed by atoms with Gasteiger partial charge >= 0.3 is 0 Å². The second-order valence-electron chi connectivity index (χ2n) is 5.60. The Balaban J connectivity index is 1.86. The highest BCUT2D eigenvalue weighted by Crippen LogP contribution is 2.24. The van der Waals surface area contributed by atoms with E-state index < -0.39 is 0 Å². The average Bonchev–Trinajstić information content (AvgIpc) is 2.33. The summed E-state index contributed by atoms with van der Waals surface area (Å²) in [7, 11) is 2.23. The maximum Gasteiger partial charge on any atom is 0.0306 e. The second-order valence-corrected chi connectivity index (χ2v) is 5.60. The highest BCUT2D eigenvalue weighted by Gasteiger charge is 2.32. The van der Waals surface area contributed by atoms with E-state index in [1.165, 1.54) is 65.0 Å². The first-order valence-corrected chi connectivity index (χ1v) is 6.90. The first-order chi connectivity index (χ1) is 7.74. The number of rotatable bonds is 3. The van der Waals surface area contributed by atoms with Gasteiger partial charge in [-0.2, -0.15) is 0 Å². The summed E-state index contributed by atoms with van der Waals surface area (Å²) in [5.41, 5.74) is 0.425. The number of nitrogens with one attached hydrogen (secondary N) is 1. The average molecular weight is 225 g/mol. The van der Waals surface area contributed by atoms with E-state index in [-0.39, 0.29) is 0 Å². The SMILES string of the molecule is CCC1(CN2CCN(C)CC2)CCCCN1. The predicted molar refractivity (Wildman–Crippen MR) is 68.8 cm³/mol. The lowest BCUT2D eigenvalue weighted by Gasteiger charge is -2.43. The summed E-state index contributed by atoms with van der Waals surface area (Å²) in [5, 5.41) is 3.79. The minimum absolute atomic E-state index is 0.425. The van der Waals surface area contributed by atoms with Crippen molar-refractivity contribution in [2.45, 2.75) is 38.1 Å². The molecule has 2 aliphatic rings. The van der Waals surface area contributed by atoms with Crippen molar-refractivity contribution < 1.29 is 0 Å². The molecule has 0 aromatic carbocycles.